The Hall–Kier alpha value is -2.65. The molecule has 1 amide bonds. The molecule has 10 heteroatoms. The van der Waals surface area contributed by atoms with Crippen molar-refractivity contribution in [3.8, 4) is 0 Å². The van der Waals surface area contributed by atoms with Gasteiger partial charge in [-0.2, -0.15) is 0 Å². The van der Waals surface area contributed by atoms with E-state index in [9.17, 15) is 23.3 Å². The van der Waals surface area contributed by atoms with E-state index >= 15 is 0 Å². The number of halogens is 1. The van der Waals surface area contributed by atoms with Gasteiger partial charge in [0.2, 0.25) is 5.91 Å². The Bertz CT molecular complexity index is 1270. The lowest BCUT2D eigenvalue weighted by atomic mass is 9.84. The van der Waals surface area contributed by atoms with Crippen molar-refractivity contribution < 1.29 is 18.1 Å². The van der Waals surface area contributed by atoms with E-state index in [1.807, 2.05) is 19.9 Å². The van der Waals surface area contributed by atoms with Gasteiger partial charge < -0.3 is 5.32 Å². The van der Waals surface area contributed by atoms with Crippen LogP contribution in [0.25, 0.3) is 0 Å². The Morgan fingerprint density at radius 2 is 1.94 bits per heavy atom. The third kappa shape index (κ3) is 5.16. The second-order valence-corrected chi connectivity index (χ2v) is 12.1. The van der Waals surface area contributed by atoms with Gasteiger partial charge in [-0.05, 0) is 81.5 Å². The van der Waals surface area contributed by atoms with Gasteiger partial charge in [0.1, 0.15) is 11.6 Å². The van der Waals surface area contributed by atoms with Crippen LogP contribution in [0.15, 0.2) is 41.3 Å². The van der Waals surface area contributed by atoms with Crippen molar-refractivity contribution in [2.24, 2.45) is 17.8 Å². The molecule has 1 N–H and O–H groups in total. The molecule has 4 rings (SSSR count). The molecule has 2 saturated carbocycles. The summed E-state index contributed by atoms with van der Waals surface area (Å²) in [5.74, 6) is 1.34. The largest absolute Gasteiger partial charge is 0.352 e. The number of rotatable bonds is 8. The number of nitrogens with zero attached hydrogens (tertiary/aromatic N) is 2. The SMILES string of the molecule is Cc1ccc(N(CC(=O)N[C@H](C)[C@@H]2C[C@H]3CC[C@H]2C3)S(=O)(=O)c2ccc(Cl)c([N+](=O)[O-])c2)c(C)c1. The van der Waals surface area contributed by atoms with Gasteiger partial charge in [0.15, 0.2) is 0 Å². The van der Waals surface area contributed by atoms with Gasteiger partial charge in [0.05, 0.1) is 15.5 Å². The average Bonchev–Trinajstić information content (AvgIpc) is 3.42. The monoisotopic (exact) mass is 519 g/mol. The number of sulfonamides is 1. The van der Waals surface area contributed by atoms with Gasteiger partial charge in [-0.25, -0.2) is 8.42 Å². The molecular formula is C25H30ClN3O5S. The van der Waals surface area contributed by atoms with Crippen molar-refractivity contribution in [2.45, 2.75) is 57.4 Å². The summed E-state index contributed by atoms with van der Waals surface area (Å²) in [5, 5.41) is 14.2. The number of carbonyl (C=O) groups excluding carboxylic acids is 1. The fourth-order valence-electron chi connectivity index (χ4n) is 5.75. The Kier molecular flexibility index (Phi) is 7.11. The lowest BCUT2D eigenvalue weighted by Gasteiger charge is -2.30. The summed E-state index contributed by atoms with van der Waals surface area (Å²) in [6.45, 7) is 5.21. The predicted octanol–water partition coefficient (Wildman–Crippen LogP) is 5.00. The minimum absolute atomic E-state index is 0.0573. The van der Waals surface area contributed by atoms with E-state index in [-0.39, 0.29) is 16.0 Å². The van der Waals surface area contributed by atoms with Gasteiger partial charge in [-0.15, -0.1) is 0 Å². The van der Waals surface area contributed by atoms with E-state index in [1.54, 1.807) is 19.1 Å². The standard InChI is InChI=1S/C25H30ClN3O5S/c1-15-4-9-23(16(2)10-15)28(35(33,34)20-7-8-22(26)24(13-20)29(31)32)14-25(30)27-17(3)21-12-18-5-6-19(21)11-18/h4,7-10,13,17-19,21H,5-6,11-12,14H2,1-3H3,(H,27,30)/t17-,18+,19+,21+/m1/s1. The van der Waals surface area contributed by atoms with E-state index in [2.05, 4.69) is 5.32 Å². The lowest BCUT2D eigenvalue weighted by Crippen LogP contribution is -2.46. The van der Waals surface area contributed by atoms with E-state index in [4.69, 9.17) is 11.6 Å². The molecule has 0 radical (unpaired) electrons. The zero-order valence-corrected chi connectivity index (χ0v) is 21.6. The first-order valence-corrected chi connectivity index (χ1v) is 13.6. The number of amides is 1. The molecule has 188 valence electrons. The van der Waals surface area contributed by atoms with Crippen LogP contribution >= 0.6 is 11.6 Å². The highest BCUT2D eigenvalue weighted by Gasteiger charge is 2.42. The number of benzene rings is 2. The molecule has 0 saturated heterocycles. The second-order valence-electron chi connectivity index (χ2n) is 9.87. The fourth-order valence-corrected chi connectivity index (χ4v) is 7.44. The van der Waals surface area contributed by atoms with E-state index in [0.29, 0.717) is 23.1 Å². The van der Waals surface area contributed by atoms with Crippen LogP contribution in [0.4, 0.5) is 11.4 Å². The van der Waals surface area contributed by atoms with Crippen LogP contribution in [0.3, 0.4) is 0 Å². The summed E-state index contributed by atoms with van der Waals surface area (Å²) < 4.78 is 28.5. The van der Waals surface area contributed by atoms with E-state index in [1.165, 1.54) is 31.4 Å². The Morgan fingerprint density at radius 1 is 1.20 bits per heavy atom. The summed E-state index contributed by atoms with van der Waals surface area (Å²) in [6.07, 6.45) is 4.75. The van der Waals surface area contributed by atoms with Crippen LogP contribution in [0.1, 0.15) is 43.7 Å². The molecule has 0 heterocycles. The number of fused-ring (bicyclic) bond motifs is 2. The number of anilines is 1. The van der Waals surface area contributed by atoms with Crippen LogP contribution in [-0.4, -0.2) is 31.8 Å². The molecule has 0 aromatic heterocycles. The Balaban J connectivity index is 1.64. The van der Waals surface area contributed by atoms with Crippen molar-refractivity contribution in [2.75, 3.05) is 10.8 Å². The molecule has 2 aliphatic rings. The van der Waals surface area contributed by atoms with Crippen molar-refractivity contribution in [1.29, 1.82) is 0 Å². The van der Waals surface area contributed by atoms with E-state index in [0.717, 1.165) is 28.3 Å². The van der Waals surface area contributed by atoms with Crippen molar-refractivity contribution in [3.05, 3.63) is 62.7 Å². The highest BCUT2D eigenvalue weighted by molar-refractivity contribution is 7.92. The Morgan fingerprint density at radius 3 is 2.54 bits per heavy atom. The molecule has 2 aromatic rings. The smallest absolute Gasteiger partial charge is 0.289 e. The van der Waals surface area contributed by atoms with Crippen LogP contribution in [0, 0.1) is 41.7 Å². The number of nitro benzene ring substituents is 1. The molecule has 0 unspecified atom stereocenters. The predicted molar refractivity (Wildman–Crippen MR) is 135 cm³/mol. The van der Waals surface area contributed by atoms with Crippen LogP contribution in [-0.2, 0) is 14.8 Å². The topological polar surface area (TPSA) is 110 Å². The first-order valence-electron chi connectivity index (χ1n) is 11.8. The molecular weight excluding hydrogens is 490 g/mol. The second kappa shape index (κ2) is 9.78. The third-order valence-electron chi connectivity index (χ3n) is 7.43. The first-order chi connectivity index (χ1) is 16.5. The summed E-state index contributed by atoms with van der Waals surface area (Å²) in [4.78, 5) is 23.5. The molecule has 35 heavy (non-hydrogen) atoms. The van der Waals surface area contributed by atoms with Gasteiger partial charge in [0, 0.05) is 12.1 Å². The number of nitrogens with one attached hydrogen (secondary N) is 1. The quantitative estimate of drug-likeness (QED) is 0.390. The number of hydrogen-bond donors (Lipinski definition) is 1. The van der Waals surface area contributed by atoms with E-state index < -0.39 is 33.1 Å². The van der Waals surface area contributed by atoms with Crippen molar-refractivity contribution >= 4 is 38.9 Å². The van der Waals surface area contributed by atoms with Crippen LogP contribution < -0.4 is 9.62 Å². The fraction of sp³-hybridized carbons (Fsp3) is 0.480. The minimum Gasteiger partial charge on any atom is -0.352 e. The maximum atomic E-state index is 13.7. The number of nitro groups is 1. The van der Waals surface area contributed by atoms with Crippen molar-refractivity contribution in [3.63, 3.8) is 0 Å². The Labute approximate surface area is 210 Å². The number of carbonyl (C=O) groups is 1. The molecule has 0 spiro atoms. The van der Waals surface area contributed by atoms with Crippen LogP contribution in [0.2, 0.25) is 5.02 Å². The summed E-state index contributed by atoms with van der Waals surface area (Å²) >= 11 is 5.90. The van der Waals surface area contributed by atoms with Gasteiger partial charge in [-0.1, -0.05) is 35.7 Å². The number of aryl methyl sites for hydroxylation is 2. The highest BCUT2D eigenvalue weighted by Crippen LogP contribution is 2.49. The zero-order chi connectivity index (χ0) is 25.5. The van der Waals surface area contributed by atoms with Gasteiger partial charge in [-0.3, -0.25) is 19.2 Å². The molecule has 2 aromatic carbocycles. The summed E-state index contributed by atoms with van der Waals surface area (Å²) in [6, 6.07) is 8.53. The lowest BCUT2D eigenvalue weighted by molar-refractivity contribution is -0.384. The first kappa shape index (κ1) is 25.4. The highest BCUT2D eigenvalue weighted by atomic mass is 35.5. The van der Waals surface area contributed by atoms with Crippen molar-refractivity contribution in [1.82, 2.24) is 5.32 Å². The van der Waals surface area contributed by atoms with Gasteiger partial charge in [0.25, 0.3) is 15.7 Å². The molecule has 4 atom stereocenters. The number of hydrogen-bond acceptors (Lipinski definition) is 5. The molecule has 2 fully saturated rings. The minimum atomic E-state index is -4.31. The molecule has 2 bridgehead atoms. The average molecular weight is 520 g/mol. The maximum absolute atomic E-state index is 13.7. The molecule has 2 aliphatic carbocycles. The maximum Gasteiger partial charge on any atom is 0.289 e. The summed E-state index contributed by atoms with van der Waals surface area (Å²) in [7, 11) is -4.31. The zero-order valence-electron chi connectivity index (χ0n) is 20.0. The molecule has 0 aliphatic heterocycles. The van der Waals surface area contributed by atoms with Gasteiger partial charge >= 0.3 is 0 Å². The molecule has 8 nitrogen and oxygen atoms in total. The third-order valence-corrected chi connectivity index (χ3v) is 9.51. The van der Waals surface area contributed by atoms with Crippen LogP contribution in [0.5, 0.6) is 0 Å². The summed E-state index contributed by atoms with van der Waals surface area (Å²) in [5.41, 5.74) is 1.45. The normalized spacial score (nSPS) is 22.1.